The number of aryl methyl sites for hydroxylation is 3. The molecule has 1 amide bonds. The Labute approximate surface area is 174 Å². The van der Waals surface area contributed by atoms with Gasteiger partial charge in [0.1, 0.15) is 0 Å². The summed E-state index contributed by atoms with van der Waals surface area (Å²) in [7, 11) is -0.389. The quantitative estimate of drug-likeness (QED) is 0.721. The second kappa shape index (κ2) is 8.67. The van der Waals surface area contributed by atoms with E-state index in [-0.39, 0.29) is 16.8 Å². The van der Waals surface area contributed by atoms with E-state index in [4.69, 9.17) is 0 Å². The third kappa shape index (κ3) is 4.70. The number of carbonyl (C=O) groups excluding carboxylic acids is 1. The Kier molecular flexibility index (Phi) is 6.44. The summed E-state index contributed by atoms with van der Waals surface area (Å²) in [6.45, 7) is 5.00. The third-order valence-electron chi connectivity index (χ3n) is 5.70. The van der Waals surface area contributed by atoms with Gasteiger partial charge in [0.25, 0.3) is 0 Å². The predicted octanol–water partition coefficient (Wildman–Crippen LogP) is 3.85. The number of hydrogen-bond donors (Lipinski definition) is 0. The van der Waals surface area contributed by atoms with Crippen LogP contribution in [0, 0.1) is 13.8 Å². The molecular formula is C23H30N2O3S. The summed E-state index contributed by atoms with van der Waals surface area (Å²) in [6.07, 6.45) is 3.08. The van der Waals surface area contributed by atoms with Gasteiger partial charge in [-0.05, 0) is 61.9 Å². The van der Waals surface area contributed by atoms with Crippen molar-refractivity contribution in [2.75, 3.05) is 20.6 Å². The second-order valence-corrected chi connectivity index (χ2v) is 10.2. The van der Waals surface area contributed by atoms with Gasteiger partial charge in [-0.1, -0.05) is 35.9 Å². The average molecular weight is 415 g/mol. The Balaban J connectivity index is 1.66. The topological polar surface area (TPSA) is 57.7 Å². The van der Waals surface area contributed by atoms with Crippen LogP contribution >= 0.6 is 0 Å². The van der Waals surface area contributed by atoms with E-state index < -0.39 is 10.0 Å². The van der Waals surface area contributed by atoms with Crippen molar-refractivity contribution in [3.05, 3.63) is 64.7 Å². The Bertz CT molecular complexity index is 982. The molecule has 2 aromatic rings. The van der Waals surface area contributed by atoms with Crippen molar-refractivity contribution in [2.24, 2.45) is 0 Å². The van der Waals surface area contributed by atoms with Crippen molar-refractivity contribution in [3.63, 3.8) is 0 Å². The van der Waals surface area contributed by atoms with Crippen LogP contribution in [0.4, 0.5) is 0 Å². The highest BCUT2D eigenvalue weighted by atomic mass is 32.2. The molecule has 5 nitrogen and oxygen atoms in total. The highest BCUT2D eigenvalue weighted by Crippen LogP contribution is 2.34. The van der Waals surface area contributed by atoms with Crippen LogP contribution in [-0.4, -0.2) is 44.2 Å². The lowest BCUT2D eigenvalue weighted by Gasteiger charge is -2.27. The summed E-state index contributed by atoms with van der Waals surface area (Å²) in [4.78, 5) is 15.2. The SMILES string of the molecule is Cc1ccc(C)c([C@@H]2CCCN2C(=O)CCc2ccc(S(=O)(=O)N(C)C)cc2)c1. The molecule has 1 aliphatic rings. The fourth-order valence-electron chi connectivity index (χ4n) is 3.94. The Morgan fingerprint density at radius 2 is 1.79 bits per heavy atom. The molecule has 0 spiro atoms. The summed E-state index contributed by atoms with van der Waals surface area (Å²) in [5.41, 5.74) is 4.68. The van der Waals surface area contributed by atoms with Crippen LogP contribution in [0.3, 0.4) is 0 Å². The van der Waals surface area contributed by atoms with E-state index in [1.54, 1.807) is 24.3 Å². The van der Waals surface area contributed by atoms with E-state index in [0.29, 0.717) is 12.8 Å². The smallest absolute Gasteiger partial charge is 0.242 e. The van der Waals surface area contributed by atoms with E-state index in [1.807, 2.05) is 4.90 Å². The minimum absolute atomic E-state index is 0.162. The zero-order valence-electron chi connectivity index (χ0n) is 17.7. The van der Waals surface area contributed by atoms with E-state index in [0.717, 1.165) is 24.9 Å². The van der Waals surface area contributed by atoms with Gasteiger partial charge in [-0.2, -0.15) is 0 Å². The molecule has 0 saturated carbocycles. The molecule has 156 valence electrons. The maximum absolute atomic E-state index is 12.9. The molecule has 1 saturated heterocycles. The minimum atomic E-state index is -3.43. The molecule has 1 fully saturated rings. The van der Waals surface area contributed by atoms with Gasteiger partial charge in [0.05, 0.1) is 10.9 Å². The molecule has 3 rings (SSSR count). The maximum Gasteiger partial charge on any atom is 0.242 e. The predicted molar refractivity (Wildman–Crippen MR) is 115 cm³/mol. The van der Waals surface area contributed by atoms with Crippen molar-refractivity contribution in [1.82, 2.24) is 9.21 Å². The second-order valence-electron chi connectivity index (χ2n) is 8.04. The van der Waals surface area contributed by atoms with Gasteiger partial charge in [0.15, 0.2) is 0 Å². The zero-order chi connectivity index (χ0) is 21.2. The van der Waals surface area contributed by atoms with Gasteiger partial charge < -0.3 is 4.90 Å². The highest BCUT2D eigenvalue weighted by Gasteiger charge is 2.30. The monoisotopic (exact) mass is 414 g/mol. The van der Waals surface area contributed by atoms with Crippen molar-refractivity contribution in [3.8, 4) is 0 Å². The van der Waals surface area contributed by atoms with Crippen molar-refractivity contribution >= 4 is 15.9 Å². The van der Waals surface area contributed by atoms with Crippen LogP contribution in [-0.2, 0) is 21.2 Å². The van der Waals surface area contributed by atoms with Gasteiger partial charge in [-0.15, -0.1) is 0 Å². The van der Waals surface area contributed by atoms with Crippen LogP contribution < -0.4 is 0 Å². The molecule has 2 aromatic carbocycles. The van der Waals surface area contributed by atoms with Crippen LogP contribution in [0.5, 0.6) is 0 Å². The molecule has 6 heteroatoms. The summed E-state index contributed by atoms with van der Waals surface area (Å²) >= 11 is 0. The van der Waals surface area contributed by atoms with Gasteiger partial charge >= 0.3 is 0 Å². The summed E-state index contributed by atoms with van der Waals surface area (Å²) in [5.74, 6) is 0.165. The molecule has 1 heterocycles. The number of amides is 1. The first-order valence-corrected chi connectivity index (χ1v) is 11.5. The molecule has 1 aliphatic heterocycles. The molecule has 29 heavy (non-hydrogen) atoms. The number of carbonyl (C=O) groups is 1. The number of likely N-dealkylation sites (tertiary alicyclic amines) is 1. The Morgan fingerprint density at radius 1 is 1.10 bits per heavy atom. The standard InChI is InChI=1S/C23H30N2O3S/c1-17-7-8-18(2)21(16-17)22-6-5-15-25(22)23(26)14-11-19-9-12-20(13-10-19)29(27,28)24(3)4/h7-10,12-13,16,22H,5-6,11,14-15H2,1-4H3/t22-/m0/s1. The van der Waals surface area contributed by atoms with Crippen LogP contribution in [0.1, 0.15) is 47.6 Å². The molecule has 0 aliphatic carbocycles. The first-order chi connectivity index (χ1) is 13.7. The van der Waals surface area contributed by atoms with E-state index >= 15 is 0 Å². The number of benzene rings is 2. The fraction of sp³-hybridized carbons (Fsp3) is 0.435. The zero-order valence-corrected chi connectivity index (χ0v) is 18.5. The van der Waals surface area contributed by atoms with E-state index in [9.17, 15) is 13.2 Å². The molecule has 0 N–H and O–H groups in total. The van der Waals surface area contributed by atoms with Crippen LogP contribution in [0.25, 0.3) is 0 Å². The van der Waals surface area contributed by atoms with Gasteiger partial charge in [-0.25, -0.2) is 12.7 Å². The fourth-order valence-corrected chi connectivity index (χ4v) is 4.84. The Morgan fingerprint density at radius 3 is 2.45 bits per heavy atom. The minimum Gasteiger partial charge on any atom is -0.336 e. The summed E-state index contributed by atoms with van der Waals surface area (Å²) in [5, 5.41) is 0. The molecule has 0 aromatic heterocycles. The van der Waals surface area contributed by atoms with Gasteiger partial charge in [0.2, 0.25) is 15.9 Å². The maximum atomic E-state index is 12.9. The van der Waals surface area contributed by atoms with Crippen LogP contribution in [0.2, 0.25) is 0 Å². The third-order valence-corrected chi connectivity index (χ3v) is 7.53. The highest BCUT2D eigenvalue weighted by molar-refractivity contribution is 7.89. The van der Waals surface area contributed by atoms with Gasteiger partial charge in [0, 0.05) is 27.1 Å². The molecule has 1 atom stereocenters. The van der Waals surface area contributed by atoms with Crippen molar-refractivity contribution in [1.29, 1.82) is 0 Å². The molecule has 0 bridgehead atoms. The van der Waals surface area contributed by atoms with Gasteiger partial charge in [-0.3, -0.25) is 4.79 Å². The molecular weight excluding hydrogens is 384 g/mol. The number of rotatable bonds is 6. The summed E-state index contributed by atoms with van der Waals surface area (Å²) < 4.78 is 25.5. The van der Waals surface area contributed by atoms with Crippen LogP contribution in [0.15, 0.2) is 47.4 Å². The first kappa shape index (κ1) is 21.5. The van der Waals surface area contributed by atoms with E-state index in [1.165, 1.54) is 35.1 Å². The lowest BCUT2D eigenvalue weighted by molar-refractivity contribution is -0.132. The summed E-state index contributed by atoms with van der Waals surface area (Å²) in [6, 6.07) is 13.4. The average Bonchev–Trinajstić information content (AvgIpc) is 3.18. The number of sulfonamides is 1. The molecule has 0 unspecified atom stereocenters. The number of nitrogens with zero attached hydrogens (tertiary/aromatic N) is 2. The lowest BCUT2D eigenvalue weighted by Crippen LogP contribution is -2.31. The van der Waals surface area contributed by atoms with Crippen molar-refractivity contribution in [2.45, 2.75) is 50.5 Å². The Hall–Kier alpha value is -2.18. The number of hydrogen-bond acceptors (Lipinski definition) is 3. The molecule has 0 radical (unpaired) electrons. The first-order valence-electron chi connectivity index (χ1n) is 10.1. The van der Waals surface area contributed by atoms with E-state index in [2.05, 4.69) is 32.0 Å². The lowest BCUT2D eigenvalue weighted by atomic mass is 9.97. The largest absolute Gasteiger partial charge is 0.336 e. The van der Waals surface area contributed by atoms with Crippen molar-refractivity contribution < 1.29 is 13.2 Å². The normalized spacial score (nSPS) is 17.1.